The molecule has 1 aromatic heterocycles. The summed E-state index contributed by atoms with van der Waals surface area (Å²) in [5.41, 5.74) is 0.994. The maximum Gasteiger partial charge on any atom is 0.174 e. The van der Waals surface area contributed by atoms with E-state index in [1.165, 1.54) is 33.5 Å². The molecule has 4 atom stereocenters. The number of hydrogen-bond acceptors (Lipinski definition) is 13. The third-order valence-corrected chi connectivity index (χ3v) is 9.42. The summed E-state index contributed by atoms with van der Waals surface area (Å²) in [5, 5.41) is 48.7. The van der Waals surface area contributed by atoms with Crippen LogP contribution in [-0.2, 0) is 5.75 Å². The van der Waals surface area contributed by atoms with Crippen LogP contribution in [0.25, 0.3) is 5.69 Å². The van der Waals surface area contributed by atoms with Gasteiger partial charge in [0.05, 0.1) is 52.5 Å². The van der Waals surface area contributed by atoms with Gasteiger partial charge in [0.15, 0.2) is 28.2 Å². The first-order chi connectivity index (χ1) is 25.3. The van der Waals surface area contributed by atoms with Gasteiger partial charge in [0, 0.05) is 61.4 Å². The number of hydrogen-bond donors (Lipinski definition) is 5. The Morgan fingerprint density at radius 3 is 2.11 bits per heavy atom. The molecule has 13 nitrogen and oxygen atoms in total. The fourth-order valence-corrected chi connectivity index (χ4v) is 6.41. The predicted octanol–water partition coefficient (Wildman–Crippen LogP) is 3.51. The lowest BCUT2D eigenvalue weighted by Gasteiger charge is -2.28. The van der Waals surface area contributed by atoms with E-state index >= 15 is 8.78 Å². The van der Waals surface area contributed by atoms with Crippen LogP contribution in [0.1, 0.15) is 12.0 Å². The lowest BCUT2D eigenvalue weighted by Crippen LogP contribution is -2.49. The van der Waals surface area contributed by atoms with Crippen molar-refractivity contribution in [2.24, 2.45) is 0 Å². The first-order valence-corrected chi connectivity index (χ1v) is 17.4. The van der Waals surface area contributed by atoms with E-state index in [0.29, 0.717) is 46.8 Å². The van der Waals surface area contributed by atoms with Gasteiger partial charge in [-0.3, -0.25) is 4.57 Å². The van der Waals surface area contributed by atoms with E-state index in [1.807, 2.05) is 11.0 Å². The molecule has 0 amide bonds. The molecule has 0 saturated carbocycles. The zero-order chi connectivity index (χ0) is 38.8. The molecule has 0 fully saturated rings. The monoisotopic (exact) mass is 766 g/mol. The number of aromatic nitrogens is 2. The van der Waals surface area contributed by atoms with Crippen LogP contribution >= 0.6 is 11.8 Å². The van der Waals surface area contributed by atoms with Crippen molar-refractivity contribution in [1.82, 2.24) is 14.5 Å². The molecule has 0 radical (unpaired) electrons. The van der Waals surface area contributed by atoms with Crippen LogP contribution in [0.5, 0.6) is 23.0 Å². The Kier molecular flexibility index (Phi) is 15.0. The number of halogens is 3. The maximum atomic E-state index is 15.3. The average Bonchev–Trinajstić information content (AvgIpc) is 3.58. The highest BCUT2D eigenvalue weighted by Gasteiger charge is 2.30. The number of thioether (sulfide) groups is 1. The van der Waals surface area contributed by atoms with E-state index in [-0.39, 0.29) is 36.0 Å². The van der Waals surface area contributed by atoms with Crippen molar-refractivity contribution in [2.75, 3.05) is 66.6 Å². The molecule has 5 N–H and O–H groups in total. The summed E-state index contributed by atoms with van der Waals surface area (Å²) in [6, 6.07) is 11.8. The highest BCUT2D eigenvalue weighted by atomic mass is 32.2. The molecule has 0 bridgehead atoms. The van der Waals surface area contributed by atoms with Crippen LogP contribution < -0.4 is 23.8 Å². The van der Waals surface area contributed by atoms with Gasteiger partial charge in [-0.1, -0.05) is 11.8 Å². The fraction of sp³-hybridized carbons (Fsp3) is 0.417. The molecule has 4 rings (SSSR count). The molecule has 3 aromatic carbocycles. The van der Waals surface area contributed by atoms with E-state index in [9.17, 15) is 24.8 Å². The van der Waals surface area contributed by atoms with Crippen LogP contribution in [0.4, 0.5) is 24.7 Å². The predicted molar refractivity (Wildman–Crippen MR) is 192 cm³/mol. The third-order valence-electron chi connectivity index (χ3n) is 8.44. The quantitative estimate of drug-likeness (QED) is 0.0657. The highest BCUT2D eigenvalue weighted by Crippen LogP contribution is 2.38. The van der Waals surface area contributed by atoms with Crippen LogP contribution in [0.2, 0.25) is 0 Å². The van der Waals surface area contributed by atoms with E-state index in [0.717, 1.165) is 23.9 Å². The second-order valence-electron chi connectivity index (χ2n) is 12.1. The largest absolute Gasteiger partial charge is 0.494 e. The first-order valence-electron chi connectivity index (χ1n) is 16.5. The molecule has 1 heterocycles. The van der Waals surface area contributed by atoms with Crippen molar-refractivity contribution < 1.29 is 57.7 Å². The molecule has 0 aliphatic heterocycles. The summed E-state index contributed by atoms with van der Waals surface area (Å²) >= 11 is 1.07. The van der Waals surface area contributed by atoms with E-state index in [2.05, 4.69) is 4.98 Å². The number of aliphatic hydroxyl groups is 5. The van der Waals surface area contributed by atoms with Gasteiger partial charge in [0.2, 0.25) is 0 Å². The van der Waals surface area contributed by atoms with Gasteiger partial charge in [0.25, 0.3) is 0 Å². The molecule has 17 heteroatoms. The molecule has 0 aliphatic rings. The highest BCUT2D eigenvalue weighted by molar-refractivity contribution is 7.98. The summed E-state index contributed by atoms with van der Waals surface area (Å²) in [6.45, 7) is -0.402. The second kappa shape index (κ2) is 19.2. The lowest BCUT2D eigenvalue weighted by atomic mass is 10.0. The van der Waals surface area contributed by atoms with Crippen LogP contribution in [0, 0.1) is 17.5 Å². The Bertz CT molecular complexity index is 1780. The number of nitrogens with zero attached hydrogens (tertiary/aromatic N) is 4. The number of rotatable bonds is 20. The standard InChI is InChI=1S/C36H45F3N4O9S/c1-41(18-28(45)34(47)35(48)29(46)19-44)11-6-12-52-23-15-26(38)24(27(39)16-23)20-53-36-40-17-33(43(36)22-7-9-25(37)31(14-22)50-4)42(2)21-8-10-30(49-3)32(13-21)51-5/h7-10,13-17,28-29,34-35,44-48H,6,11-12,18-20H2,1-5H3/t28?,29-,34-,35?/m1/s1. The van der Waals surface area contributed by atoms with Crippen molar-refractivity contribution in [2.45, 2.75) is 41.7 Å². The lowest BCUT2D eigenvalue weighted by molar-refractivity contribution is -0.118. The Hall–Kier alpha value is -4.23. The SMILES string of the molecule is COc1cc(-n2c(N(C)c3ccc(OC)c(OC)c3)cnc2SCc2c(F)cc(OCCCN(C)CC(O)[C@@H](O)C(O)[C@H](O)CO)cc2F)ccc1F. The summed E-state index contributed by atoms with van der Waals surface area (Å²) in [7, 11) is 7.85. The Balaban J connectivity index is 1.46. The number of aliphatic hydroxyl groups excluding tert-OH is 5. The third kappa shape index (κ3) is 10.3. The minimum Gasteiger partial charge on any atom is -0.494 e. The van der Waals surface area contributed by atoms with Crippen LogP contribution in [0.3, 0.4) is 0 Å². The number of imidazole rings is 1. The Morgan fingerprint density at radius 2 is 1.47 bits per heavy atom. The number of anilines is 2. The molecular weight excluding hydrogens is 721 g/mol. The van der Waals surface area contributed by atoms with E-state index in [1.54, 1.807) is 48.0 Å². The van der Waals surface area contributed by atoms with Crippen molar-refractivity contribution in [1.29, 1.82) is 0 Å². The van der Waals surface area contributed by atoms with E-state index in [4.69, 9.17) is 24.1 Å². The van der Waals surface area contributed by atoms with Crippen molar-refractivity contribution >= 4 is 23.3 Å². The van der Waals surface area contributed by atoms with E-state index < -0.39 is 48.5 Å². The minimum absolute atomic E-state index is 0.00241. The molecular formula is C36H45F3N4O9S. The van der Waals surface area contributed by atoms with Gasteiger partial charge in [-0.25, -0.2) is 18.2 Å². The van der Waals surface area contributed by atoms with Gasteiger partial charge in [-0.15, -0.1) is 0 Å². The Morgan fingerprint density at radius 1 is 0.811 bits per heavy atom. The molecule has 0 aliphatic carbocycles. The smallest absolute Gasteiger partial charge is 0.174 e. The average molecular weight is 767 g/mol. The number of ether oxygens (including phenoxy) is 4. The molecule has 290 valence electrons. The summed E-state index contributed by atoms with van der Waals surface area (Å²) < 4.78 is 68.4. The zero-order valence-electron chi connectivity index (χ0n) is 29.9. The normalized spacial score (nSPS) is 13.8. The zero-order valence-corrected chi connectivity index (χ0v) is 30.8. The topological polar surface area (TPSA) is 162 Å². The van der Waals surface area contributed by atoms with Crippen molar-refractivity contribution in [3.8, 4) is 28.7 Å². The molecule has 0 spiro atoms. The van der Waals surface area contributed by atoms with Gasteiger partial charge in [-0.05, 0) is 37.7 Å². The molecule has 0 saturated heterocycles. The van der Waals surface area contributed by atoms with Gasteiger partial charge < -0.3 is 54.3 Å². The van der Waals surface area contributed by atoms with Crippen LogP contribution in [-0.4, -0.2) is 126 Å². The molecule has 2 unspecified atom stereocenters. The number of benzene rings is 3. The maximum absolute atomic E-state index is 15.3. The van der Waals surface area contributed by atoms with Gasteiger partial charge in [-0.2, -0.15) is 0 Å². The fourth-order valence-electron chi connectivity index (χ4n) is 5.40. The first kappa shape index (κ1) is 41.5. The van der Waals surface area contributed by atoms with Gasteiger partial charge >= 0.3 is 0 Å². The molecule has 4 aromatic rings. The summed E-state index contributed by atoms with van der Waals surface area (Å²) in [5.74, 6) is -0.797. The summed E-state index contributed by atoms with van der Waals surface area (Å²) in [6.07, 6.45) is -4.45. The second-order valence-corrected chi connectivity index (χ2v) is 13.0. The molecule has 53 heavy (non-hydrogen) atoms. The summed E-state index contributed by atoms with van der Waals surface area (Å²) in [4.78, 5) is 8.01. The van der Waals surface area contributed by atoms with Gasteiger partial charge in [0.1, 0.15) is 41.5 Å². The number of methoxy groups -OCH3 is 3. The van der Waals surface area contributed by atoms with Crippen LogP contribution in [0.15, 0.2) is 59.9 Å². The Labute approximate surface area is 309 Å². The minimum atomic E-state index is -1.73. The number of likely N-dealkylation sites (N-methyl/N-ethyl adjacent to an activating group) is 1. The van der Waals surface area contributed by atoms with Crippen molar-refractivity contribution in [3.63, 3.8) is 0 Å². The van der Waals surface area contributed by atoms with Crippen molar-refractivity contribution in [3.05, 3.63) is 77.7 Å².